The molecule has 27 heavy (non-hydrogen) atoms. The van der Waals surface area contributed by atoms with E-state index in [1.807, 2.05) is 0 Å². The number of nitro groups is 1. The number of hydrogen-bond acceptors (Lipinski definition) is 7. The van der Waals surface area contributed by atoms with Crippen molar-refractivity contribution in [3.05, 3.63) is 58.1 Å². The number of aryl methyl sites for hydroxylation is 1. The molecular weight excluding hydrogens is 376 g/mol. The van der Waals surface area contributed by atoms with E-state index in [4.69, 9.17) is 4.74 Å². The molecule has 144 valence electrons. The molecule has 0 aliphatic rings. The number of methoxy groups -OCH3 is 2. The van der Waals surface area contributed by atoms with Gasteiger partial charge in [-0.3, -0.25) is 19.2 Å². The molecule has 0 saturated heterocycles. The van der Waals surface area contributed by atoms with E-state index in [0.717, 1.165) is 23.5 Å². The van der Waals surface area contributed by atoms with Crippen LogP contribution >= 0.6 is 0 Å². The lowest BCUT2D eigenvalue weighted by Gasteiger charge is -2.25. The molecule has 0 aliphatic carbocycles. The zero-order valence-electron chi connectivity index (χ0n) is 14.9. The van der Waals surface area contributed by atoms with Crippen molar-refractivity contribution in [2.45, 2.75) is 11.8 Å². The van der Waals surface area contributed by atoms with Gasteiger partial charge in [0.15, 0.2) is 4.90 Å². The molecule has 0 atom stereocenters. The first-order valence-corrected chi connectivity index (χ1v) is 9.14. The van der Waals surface area contributed by atoms with E-state index in [1.54, 1.807) is 19.1 Å². The molecule has 9 nitrogen and oxygen atoms in total. The third-order valence-electron chi connectivity index (χ3n) is 3.73. The fourth-order valence-electron chi connectivity index (χ4n) is 2.42. The third-order valence-corrected chi connectivity index (χ3v) is 5.54. The highest BCUT2D eigenvalue weighted by molar-refractivity contribution is 7.93. The first kappa shape index (κ1) is 20.2. The Hall–Kier alpha value is -3.14. The summed E-state index contributed by atoms with van der Waals surface area (Å²) < 4.78 is 37.0. The Bertz CT molecular complexity index is 973. The second-order valence-corrected chi connectivity index (χ2v) is 7.32. The molecule has 0 radical (unpaired) electrons. The summed E-state index contributed by atoms with van der Waals surface area (Å²) in [5.41, 5.74) is 0.179. The Morgan fingerprint density at radius 3 is 2.44 bits per heavy atom. The zero-order chi connectivity index (χ0) is 20.2. The Morgan fingerprint density at radius 2 is 1.85 bits per heavy atom. The first-order chi connectivity index (χ1) is 12.7. The van der Waals surface area contributed by atoms with Crippen molar-refractivity contribution in [3.63, 3.8) is 0 Å². The zero-order valence-corrected chi connectivity index (χ0v) is 15.7. The van der Waals surface area contributed by atoms with Gasteiger partial charge in [-0.15, -0.1) is 0 Å². The minimum atomic E-state index is -4.47. The van der Waals surface area contributed by atoms with Crippen molar-refractivity contribution in [2.24, 2.45) is 0 Å². The van der Waals surface area contributed by atoms with Gasteiger partial charge in [0.2, 0.25) is 0 Å². The van der Waals surface area contributed by atoms with Crippen molar-refractivity contribution in [3.8, 4) is 5.75 Å². The maximum atomic E-state index is 13.2. The Morgan fingerprint density at radius 1 is 1.19 bits per heavy atom. The van der Waals surface area contributed by atoms with Gasteiger partial charge in [0, 0.05) is 6.07 Å². The van der Waals surface area contributed by atoms with Crippen molar-refractivity contribution in [1.82, 2.24) is 0 Å². The average Bonchev–Trinajstić information content (AvgIpc) is 2.65. The number of rotatable bonds is 7. The molecule has 0 saturated carbocycles. The lowest BCUT2D eigenvalue weighted by Crippen LogP contribution is -2.37. The van der Waals surface area contributed by atoms with E-state index < -0.39 is 38.0 Å². The molecule has 0 fully saturated rings. The molecule has 10 heteroatoms. The van der Waals surface area contributed by atoms with Gasteiger partial charge in [-0.05, 0) is 30.7 Å². The van der Waals surface area contributed by atoms with E-state index in [2.05, 4.69) is 4.74 Å². The van der Waals surface area contributed by atoms with Gasteiger partial charge >= 0.3 is 5.97 Å². The van der Waals surface area contributed by atoms with Crippen LogP contribution in [-0.2, 0) is 19.6 Å². The number of carbonyl (C=O) groups is 1. The predicted octanol–water partition coefficient (Wildman–Crippen LogP) is 2.28. The standard InChI is InChI=1S/C17H18N2O7S/c1-12-8-9-15(25-2)14(10-12)18(11-17(20)26-3)27(23,24)16-7-5-4-6-13(16)19(21)22/h4-10H,11H2,1-3H3. The molecule has 2 rings (SSSR count). The van der Waals surface area contributed by atoms with Crippen molar-refractivity contribution in [2.75, 3.05) is 25.1 Å². The third kappa shape index (κ3) is 4.17. The number of anilines is 1. The monoisotopic (exact) mass is 394 g/mol. The second-order valence-electron chi connectivity index (χ2n) is 5.49. The normalized spacial score (nSPS) is 10.9. The fraction of sp³-hybridized carbons (Fsp3) is 0.235. The predicted molar refractivity (Wildman–Crippen MR) is 97.4 cm³/mol. The van der Waals surface area contributed by atoms with Crippen LogP contribution in [0.1, 0.15) is 5.56 Å². The molecule has 0 aliphatic heterocycles. The van der Waals surface area contributed by atoms with Crippen LogP contribution in [0.3, 0.4) is 0 Å². The van der Waals surface area contributed by atoms with Crippen LogP contribution in [-0.4, -0.2) is 40.1 Å². The average molecular weight is 394 g/mol. The lowest BCUT2D eigenvalue weighted by atomic mass is 10.2. The van der Waals surface area contributed by atoms with Gasteiger partial charge in [-0.1, -0.05) is 18.2 Å². The van der Waals surface area contributed by atoms with Gasteiger partial charge < -0.3 is 9.47 Å². The van der Waals surface area contributed by atoms with Crippen molar-refractivity contribution < 1.29 is 27.6 Å². The SMILES string of the molecule is COC(=O)CN(c1cc(C)ccc1OC)S(=O)(=O)c1ccccc1[N+](=O)[O-]. The summed E-state index contributed by atoms with van der Waals surface area (Å²) in [6.07, 6.45) is 0. The Labute approximate surface area is 156 Å². The lowest BCUT2D eigenvalue weighted by molar-refractivity contribution is -0.387. The summed E-state index contributed by atoms with van der Waals surface area (Å²) >= 11 is 0. The summed E-state index contributed by atoms with van der Waals surface area (Å²) in [7, 11) is -2.01. The molecule has 2 aromatic carbocycles. The first-order valence-electron chi connectivity index (χ1n) is 7.70. The number of nitrogens with zero attached hydrogens (tertiary/aromatic N) is 2. The number of benzene rings is 2. The van der Waals surface area contributed by atoms with Crippen molar-refractivity contribution >= 4 is 27.4 Å². The fourth-order valence-corrected chi connectivity index (χ4v) is 3.99. The molecular formula is C17H18N2O7S. The van der Waals surface area contributed by atoms with Crippen LogP contribution in [0.2, 0.25) is 0 Å². The number of hydrogen-bond donors (Lipinski definition) is 0. The molecule has 0 bridgehead atoms. The van der Waals surface area contributed by atoms with Gasteiger partial charge in [-0.2, -0.15) is 0 Å². The number of ether oxygens (including phenoxy) is 2. The second kappa shape index (κ2) is 8.04. The molecule has 0 amide bonds. The number of esters is 1. The molecule has 0 unspecified atom stereocenters. The van der Waals surface area contributed by atoms with E-state index in [1.165, 1.54) is 25.3 Å². The number of para-hydroxylation sites is 1. The van der Waals surface area contributed by atoms with E-state index in [-0.39, 0.29) is 11.4 Å². The summed E-state index contributed by atoms with van der Waals surface area (Å²) in [6, 6.07) is 9.67. The van der Waals surface area contributed by atoms with Gasteiger partial charge in [-0.25, -0.2) is 8.42 Å². The van der Waals surface area contributed by atoms with Gasteiger partial charge in [0.05, 0.1) is 24.8 Å². The largest absolute Gasteiger partial charge is 0.495 e. The summed E-state index contributed by atoms with van der Waals surface area (Å²) in [4.78, 5) is 21.8. The highest BCUT2D eigenvalue weighted by atomic mass is 32.2. The quantitative estimate of drug-likeness (QED) is 0.402. The molecule has 0 heterocycles. The topological polar surface area (TPSA) is 116 Å². The van der Waals surface area contributed by atoms with E-state index in [0.29, 0.717) is 5.56 Å². The van der Waals surface area contributed by atoms with Gasteiger partial charge in [0.25, 0.3) is 15.7 Å². The maximum Gasteiger partial charge on any atom is 0.326 e. The van der Waals surface area contributed by atoms with Crippen LogP contribution < -0.4 is 9.04 Å². The summed E-state index contributed by atoms with van der Waals surface area (Å²) in [6.45, 7) is 1.06. The molecule has 0 aromatic heterocycles. The van der Waals surface area contributed by atoms with Crippen LogP contribution in [0.15, 0.2) is 47.4 Å². The van der Waals surface area contributed by atoms with Gasteiger partial charge in [0.1, 0.15) is 12.3 Å². The minimum Gasteiger partial charge on any atom is -0.495 e. The highest BCUT2D eigenvalue weighted by Gasteiger charge is 2.34. The number of sulfonamides is 1. The maximum absolute atomic E-state index is 13.2. The molecule has 0 spiro atoms. The summed E-state index contributed by atoms with van der Waals surface area (Å²) in [5, 5.41) is 11.3. The van der Waals surface area contributed by atoms with Crippen LogP contribution in [0.5, 0.6) is 5.75 Å². The van der Waals surface area contributed by atoms with Crippen LogP contribution in [0.4, 0.5) is 11.4 Å². The smallest absolute Gasteiger partial charge is 0.326 e. The van der Waals surface area contributed by atoms with Crippen LogP contribution in [0.25, 0.3) is 0 Å². The van der Waals surface area contributed by atoms with E-state index >= 15 is 0 Å². The van der Waals surface area contributed by atoms with E-state index in [9.17, 15) is 23.3 Å². The Balaban J connectivity index is 2.73. The summed E-state index contributed by atoms with van der Waals surface area (Å²) in [5.74, 6) is -0.646. The van der Waals surface area contributed by atoms with Crippen molar-refractivity contribution in [1.29, 1.82) is 0 Å². The highest BCUT2D eigenvalue weighted by Crippen LogP contribution is 2.35. The molecule has 0 N–H and O–H groups in total. The number of carbonyl (C=O) groups excluding carboxylic acids is 1. The molecule has 2 aromatic rings. The minimum absolute atomic E-state index is 0.0704. The Kier molecular flexibility index (Phi) is 6.01. The van der Waals surface area contributed by atoms with Crippen LogP contribution in [0, 0.1) is 17.0 Å². The number of nitro benzene ring substituents is 1.